The molecule has 0 spiro atoms. The lowest BCUT2D eigenvalue weighted by atomic mass is 10.1. The largest absolute Gasteiger partial charge is 0.440 e. The van der Waals surface area contributed by atoms with Crippen molar-refractivity contribution in [2.24, 2.45) is 0 Å². The molecule has 7 nitrogen and oxygen atoms in total. The minimum atomic E-state index is -4.85. The van der Waals surface area contributed by atoms with Gasteiger partial charge in [0.05, 0.1) is 12.2 Å². The molecule has 1 N–H and O–H groups in total. The van der Waals surface area contributed by atoms with Crippen molar-refractivity contribution in [1.82, 2.24) is 20.2 Å². The molecule has 0 amide bonds. The van der Waals surface area contributed by atoms with Crippen LogP contribution in [0.3, 0.4) is 0 Å². The highest BCUT2D eigenvalue weighted by Crippen LogP contribution is 2.37. The molecule has 2 aromatic heterocycles. The molecule has 12 heteroatoms. The summed E-state index contributed by atoms with van der Waals surface area (Å²) in [5, 5.41) is 9.48. The molecule has 3 aromatic rings. The second-order valence-electron chi connectivity index (χ2n) is 6.40. The summed E-state index contributed by atoms with van der Waals surface area (Å²) in [6.45, 7) is 1.82. The molecule has 0 fully saturated rings. The second kappa shape index (κ2) is 9.25. The predicted molar refractivity (Wildman–Crippen MR) is 106 cm³/mol. The van der Waals surface area contributed by atoms with E-state index < -0.39 is 23.1 Å². The van der Waals surface area contributed by atoms with Crippen molar-refractivity contribution in [1.29, 1.82) is 0 Å². The van der Waals surface area contributed by atoms with Crippen molar-refractivity contribution in [3.63, 3.8) is 0 Å². The molecule has 0 saturated heterocycles. The third kappa shape index (κ3) is 5.87. The Kier molecular flexibility index (Phi) is 6.68. The van der Waals surface area contributed by atoms with Crippen molar-refractivity contribution in [2.45, 2.75) is 25.2 Å². The second-order valence-corrected chi connectivity index (χ2v) is 6.76. The number of hydrogen-bond acceptors (Lipinski definition) is 7. The first-order valence-corrected chi connectivity index (χ1v) is 9.21. The van der Waals surface area contributed by atoms with E-state index in [1.54, 1.807) is 12.1 Å². The fourth-order valence-corrected chi connectivity index (χ4v) is 2.77. The van der Waals surface area contributed by atoms with Gasteiger partial charge >= 0.3 is 11.5 Å². The summed E-state index contributed by atoms with van der Waals surface area (Å²) in [7, 11) is 0. The number of alkyl halides is 3. The van der Waals surface area contributed by atoms with Crippen molar-refractivity contribution in [3.05, 3.63) is 65.9 Å². The van der Waals surface area contributed by atoms with Gasteiger partial charge in [-0.25, -0.2) is 14.2 Å². The van der Waals surface area contributed by atoms with Gasteiger partial charge in [0.25, 0.3) is 0 Å². The lowest BCUT2D eigenvalue weighted by Crippen LogP contribution is -2.24. The standard InChI is InChI=1S/C19H15F4N5O2S/c1-10(11-2-4-14(20)5-3-11)26-17-25-9-15(27-28-17)12-6-13(8-24-7-12)16(19(21,22)23)30-18(29)31/h2-10,16H,1H3,(H,29,31)(H,25,26,28). The molecule has 1 aromatic carbocycles. The summed E-state index contributed by atoms with van der Waals surface area (Å²) >= 11 is 3.25. The number of anilines is 1. The van der Waals surface area contributed by atoms with Crippen molar-refractivity contribution in [3.8, 4) is 11.3 Å². The average molecular weight is 453 g/mol. The Bertz CT molecular complexity index is 1050. The number of nitrogens with zero attached hydrogens (tertiary/aromatic N) is 4. The van der Waals surface area contributed by atoms with Crippen LogP contribution in [0, 0.1) is 5.82 Å². The minimum Gasteiger partial charge on any atom is -0.440 e. The first-order valence-electron chi connectivity index (χ1n) is 8.77. The molecule has 0 aliphatic rings. The maximum Gasteiger partial charge on any atom is 0.429 e. The van der Waals surface area contributed by atoms with Gasteiger partial charge in [-0.2, -0.15) is 13.2 Å². The Morgan fingerprint density at radius 3 is 2.39 bits per heavy atom. The molecule has 162 valence electrons. The van der Waals surface area contributed by atoms with E-state index in [1.165, 1.54) is 24.5 Å². The molecule has 0 radical (unpaired) electrons. The molecule has 0 aliphatic heterocycles. The van der Waals surface area contributed by atoms with Crippen LogP contribution < -0.4 is 5.32 Å². The van der Waals surface area contributed by atoms with E-state index in [1.807, 2.05) is 6.92 Å². The quantitative estimate of drug-likeness (QED) is 0.311. The van der Waals surface area contributed by atoms with Gasteiger partial charge in [0.2, 0.25) is 12.1 Å². The summed E-state index contributed by atoms with van der Waals surface area (Å²) in [6, 6.07) is 6.76. The zero-order chi connectivity index (χ0) is 22.6. The number of hydrogen-bond donors (Lipinski definition) is 2. The molecule has 0 aliphatic carbocycles. The van der Waals surface area contributed by atoms with Gasteiger partial charge in [-0.3, -0.25) is 4.98 Å². The van der Waals surface area contributed by atoms with Gasteiger partial charge in [0.15, 0.2) is 0 Å². The van der Waals surface area contributed by atoms with Crippen LogP contribution in [0.25, 0.3) is 11.3 Å². The predicted octanol–water partition coefficient (Wildman–Crippen LogP) is 4.92. The normalized spacial score (nSPS) is 13.4. The van der Waals surface area contributed by atoms with E-state index in [0.717, 1.165) is 17.8 Å². The number of ether oxygens (including phenoxy) is 1. The zero-order valence-electron chi connectivity index (χ0n) is 15.8. The van der Waals surface area contributed by atoms with Crippen LogP contribution in [0.15, 0.2) is 48.9 Å². The Balaban J connectivity index is 1.78. The van der Waals surface area contributed by atoms with Crippen LogP contribution >= 0.6 is 12.6 Å². The van der Waals surface area contributed by atoms with Crippen LogP contribution in [0.1, 0.15) is 30.2 Å². The Morgan fingerprint density at radius 2 is 1.81 bits per heavy atom. The summed E-state index contributed by atoms with van der Waals surface area (Å²) < 4.78 is 57.0. The Labute approximate surface area is 179 Å². The first kappa shape index (κ1) is 22.4. The van der Waals surface area contributed by atoms with Crippen molar-refractivity contribution >= 4 is 23.9 Å². The maximum absolute atomic E-state index is 13.2. The number of rotatable bonds is 6. The van der Waals surface area contributed by atoms with Gasteiger partial charge in [0.1, 0.15) is 11.5 Å². The fraction of sp³-hybridized carbons (Fsp3) is 0.211. The number of benzene rings is 1. The maximum atomic E-state index is 13.2. The monoisotopic (exact) mass is 453 g/mol. The molecule has 2 unspecified atom stereocenters. The van der Waals surface area contributed by atoms with Gasteiger partial charge in [-0.05, 0) is 30.7 Å². The highest BCUT2D eigenvalue weighted by atomic mass is 32.1. The van der Waals surface area contributed by atoms with E-state index in [9.17, 15) is 22.4 Å². The third-order valence-corrected chi connectivity index (χ3v) is 4.26. The van der Waals surface area contributed by atoms with Gasteiger partial charge in [0, 0.05) is 23.5 Å². The first-order chi connectivity index (χ1) is 14.6. The highest BCUT2D eigenvalue weighted by molar-refractivity contribution is 7.96. The van der Waals surface area contributed by atoms with Crippen LogP contribution in [0.4, 0.5) is 28.3 Å². The molecule has 3 rings (SSSR count). The summed E-state index contributed by atoms with van der Waals surface area (Å²) in [5.74, 6) is -0.187. The van der Waals surface area contributed by atoms with E-state index >= 15 is 0 Å². The topological polar surface area (TPSA) is 89.9 Å². The number of nitrogens with one attached hydrogen (secondary N) is 1. The number of halogens is 4. The lowest BCUT2D eigenvalue weighted by Gasteiger charge is -2.20. The van der Waals surface area contributed by atoms with Crippen LogP contribution in [-0.4, -0.2) is 31.6 Å². The SMILES string of the molecule is CC(Nc1ncc(-c2cncc(C(OC(=O)S)C(F)(F)F)c2)nn1)c1ccc(F)cc1. The van der Waals surface area contributed by atoms with Crippen molar-refractivity contribution in [2.75, 3.05) is 5.32 Å². The molecule has 2 heterocycles. The average Bonchev–Trinajstić information content (AvgIpc) is 2.72. The summed E-state index contributed by atoms with van der Waals surface area (Å²) in [6.07, 6.45) is -3.87. The van der Waals surface area contributed by atoms with Gasteiger partial charge in [-0.15, -0.1) is 10.2 Å². The highest BCUT2D eigenvalue weighted by Gasteiger charge is 2.44. The lowest BCUT2D eigenvalue weighted by molar-refractivity contribution is -0.204. The zero-order valence-corrected chi connectivity index (χ0v) is 16.7. The van der Waals surface area contributed by atoms with Crippen LogP contribution in [0.2, 0.25) is 0 Å². The number of aromatic nitrogens is 4. The number of pyridine rings is 1. The number of carbonyl (C=O) groups is 1. The molecule has 31 heavy (non-hydrogen) atoms. The Morgan fingerprint density at radius 1 is 1.10 bits per heavy atom. The van der Waals surface area contributed by atoms with E-state index in [4.69, 9.17) is 0 Å². The number of thiol groups is 1. The number of carbonyl (C=O) groups excluding carboxylic acids is 1. The fourth-order valence-electron chi connectivity index (χ4n) is 2.67. The summed E-state index contributed by atoms with van der Waals surface area (Å²) in [5.41, 5.74) is 0.747. The molecular weight excluding hydrogens is 438 g/mol. The molecule has 0 saturated carbocycles. The minimum absolute atomic E-state index is 0.160. The third-order valence-electron chi connectivity index (χ3n) is 4.15. The van der Waals surface area contributed by atoms with Crippen LogP contribution in [-0.2, 0) is 4.74 Å². The molecular formula is C19H15F4N5O2S. The van der Waals surface area contributed by atoms with Gasteiger partial charge in [-0.1, -0.05) is 24.8 Å². The molecule has 0 bridgehead atoms. The smallest absolute Gasteiger partial charge is 0.429 e. The van der Waals surface area contributed by atoms with Gasteiger partial charge < -0.3 is 10.1 Å². The van der Waals surface area contributed by atoms with E-state index in [0.29, 0.717) is 0 Å². The van der Waals surface area contributed by atoms with E-state index in [-0.39, 0.29) is 29.1 Å². The molecule has 2 atom stereocenters. The van der Waals surface area contributed by atoms with Crippen LogP contribution in [0.5, 0.6) is 0 Å². The van der Waals surface area contributed by atoms with E-state index in [2.05, 4.69) is 42.8 Å². The summed E-state index contributed by atoms with van der Waals surface area (Å²) in [4.78, 5) is 18.8. The Hall–Kier alpha value is -3.28. The van der Waals surface area contributed by atoms with Crippen molar-refractivity contribution < 1.29 is 27.1 Å².